The first-order chi connectivity index (χ1) is 9.26. The second-order valence-electron chi connectivity index (χ2n) is 6.47. The van der Waals surface area contributed by atoms with Gasteiger partial charge in [-0.15, -0.1) is 0 Å². The third-order valence-electron chi connectivity index (χ3n) is 3.53. The van der Waals surface area contributed by atoms with Gasteiger partial charge in [-0.05, 0) is 40.0 Å². The zero-order valence-electron chi connectivity index (χ0n) is 13.0. The molecule has 1 N–H and O–H groups in total. The van der Waals surface area contributed by atoms with Crippen LogP contribution in [-0.4, -0.2) is 39.8 Å². The van der Waals surface area contributed by atoms with Crippen molar-refractivity contribution in [2.45, 2.75) is 83.9 Å². The highest BCUT2D eigenvalue weighted by atomic mass is 16.6. The van der Waals surface area contributed by atoms with E-state index in [0.717, 1.165) is 32.1 Å². The SMILES string of the molecule is CCCCCC1CC[C@@H](C(=O)O)N1C(=O)OC(C)(C)C. The first-order valence-electron chi connectivity index (χ1n) is 7.50. The summed E-state index contributed by atoms with van der Waals surface area (Å²) in [7, 11) is 0. The molecule has 0 bridgehead atoms. The van der Waals surface area contributed by atoms with Gasteiger partial charge in [0.05, 0.1) is 0 Å². The molecule has 1 aliphatic rings. The highest BCUT2D eigenvalue weighted by Gasteiger charge is 2.42. The maximum Gasteiger partial charge on any atom is 0.411 e. The lowest BCUT2D eigenvalue weighted by Crippen LogP contribution is -2.47. The topological polar surface area (TPSA) is 66.8 Å². The summed E-state index contributed by atoms with van der Waals surface area (Å²) in [6.07, 6.45) is 4.87. The number of hydrogen-bond donors (Lipinski definition) is 1. The van der Waals surface area contributed by atoms with Gasteiger partial charge in [-0.2, -0.15) is 0 Å². The zero-order chi connectivity index (χ0) is 15.3. The Morgan fingerprint density at radius 2 is 1.90 bits per heavy atom. The number of amides is 1. The molecule has 20 heavy (non-hydrogen) atoms. The quantitative estimate of drug-likeness (QED) is 0.786. The smallest absolute Gasteiger partial charge is 0.411 e. The molecule has 1 saturated heterocycles. The maximum atomic E-state index is 12.3. The summed E-state index contributed by atoms with van der Waals surface area (Å²) in [5.41, 5.74) is -0.601. The number of nitrogens with zero attached hydrogens (tertiary/aromatic N) is 1. The van der Waals surface area contributed by atoms with Crippen LogP contribution in [0.2, 0.25) is 0 Å². The minimum Gasteiger partial charge on any atom is -0.480 e. The van der Waals surface area contributed by atoms with Crippen LogP contribution in [0.25, 0.3) is 0 Å². The lowest BCUT2D eigenvalue weighted by Gasteiger charge is -2.31. The van der Waals surface area contributed by atoms with Gasteiger partial charge in [0.1, 0.15) is 11.6 Å². The van der Waals surface area contributed by atoms with Crippen LogP contribution in [0, 0.1) is 0 Å². The average molecular weight is 285 g/mol. The number of carbonyl (C=O) groups is 2. The second kappa shape index (κ2) is 6.95. The Morgan fingerprint density at radius 1 is 1.25 bits per heavy atom. The molecule has 0 aromatic carbocycles. The number of ether oxygens (including phenoxy) is 1. The van der Waals surface area contributed by atoms with Crippen molar-refractivity contribution in [2.24, 2.45) is 0 Å². The number of carboxylic acids is 1. The predicted molar refractivity (Wildman–Crippen MR) is 76.7 cm³/mol. The molecule has 0 radical (unpaired) electrons. The number of rotatable bonds is 5. The molecule has 0 aromatic rings. The zero-order valence-corrected chi connectivity index (χ0v) is 13.0. The molecule has 116 valence electrons. The molecule has 0 spiro atoms. The van der Waals surface area contributed by atoms with E-state index in [0.29, 0.717) is 6.42 Å². The van der Waals surface area contributed by atoms with E-state index in [9.17, 15) is 14.7 Å². The van der Waals surface area contributed by atoms with E-state index in [2.05, 4.69) is 6.92 Å². The van der Waals surface area contributed by atoms with E-state index in [4.69, 9.17) is 4.74 Å². The maximum absolute atomic E-state index is 12.3. The molecule has 0 aliphatic carbocycles. The van der Waals surface area contributed by atoms with Crippen LogP contribution in [-0.2, 0) is 9.53 Å². The molecule has 0 saturated carbocycles. The third kappa shape index (κ3) is 4.69. The molecule has 5 nitrogen and oxygen atoms in total. The fourth-order valence-electron chi connectivity index (χ4n) is 2.63. The number of carbonyl (C=O) groups excluding carboxylic acids is 1. The van der Waals surface area contributed by atoms with Gasteiger partial charge in [0, 0.05) is 6.04 Å². The molecule has 0 aromatic heterocycles. The number of likely N-dealkylation sites (tertiary alicyclic amines) is 1. The molecule has 5 heteroatoms. The Kier molecular flexibility index (Phi) is 5.84. The fraction of sp³-hybridized carbons (Fsp3) is 0.867. The van der Waals surface area contributed by atoms with Crippen LogP contribution >= 0.6 is 0 Å². The van der Waals surface area contributed by atoms with Crippen LogP contribution in [0.3, 0.4) is 0 Å². The predicted octanol–water partition coefficient (Wildman–Crippen LogP) is 3.42. The number of carboxylic acid groups (broad SMARTS) is 1. The lowest BCUT2D eigenvalue weighted by atomic mass is 10.1. The summed E-state index contributed by atoms with van der Waals surface area (Å²) in [5, 5.41) is 9.27. The van der Waals surface area contributed by atoms with Crippen molar-refractivity contribution < 1.29 is 19.4 Å². The van der Waals surface area contributed by atoms with E-state index in [1.54, 1.807) is 20.8 Å². The standard InChI is InChI=1S/C15H27NO4/c1-5-6-7-8-11-9-10-12(13(17)18)16(11)14(19)20-15(2,3)4/h11-12H,5-10H2,1-4H3,(H,17,18)/t11?,12-/m0/s1. The van der Waals surface area contributed by atoms with Crippen LogP contribution in [0.15, 0.2) is 0 Å². The lowest BCUT2D eigenvalue weighted by molar-refractivity contribution is -0.142. The van der Waals surface area contributed by atoms with Gasteiger partial charge in [-0.3, -0.25) is 4.90 Å². The van der Waals surface area contributed by atoms with Crippen LogP contribution < -0.4 is 0 Å². The Hall–Kier alpha value is -1.26. The Morgan fingerprint density at radius 3 is 2.40 bits per heavy atom. The molecular weight excluding hydrogens is 258 g/mol. The number of hydrogen-bond acceptors (Lipinski definition) is 3. The van der Waals surface area contributed by atoms with Crippen molar-refractivity contribution >= 4 is 12.1 Å². The van der Waals surface area contributed by atoms with E-state index < -0.39 is 23.7 Å². The van der Waals surface area contributed by atoms with Gasteiger partial charge in [0.25, 0.3) is 0 Å². The Balaban J connectivity index is 2.75. The van der Waals surface area contributed by atoms with Gasteiger partial charge in [0.15, 0.2) is 0 Å². The van der Waals surface area contributed by atoms with Crippen molar-refractivity contribution in [1.82, 2.24) is 4.90 Å². The van der Waals surface area contributed by atoms with Crippen molar-refractivity contribution in [3.05, 3.63) is 0 Å². The van der Waals surface area contributed by atoms with Crippen molar-refractivity contribution in [3.8, 4) is 0 Å². The summed E-state index contributed by atoms with van der Waals surface area (Å²) in [6.45, 7) is 7.51. The monoisotopic (exact) mass is 285 g/mol. The van der Waals surface area contributed by atoms with Crippen molar-refractivity contribution in [1.29, 1.82) is 0 Å². The summed E-state index contributed by atoms with van der Waals surface area (Å²) in [4.78, 5) is 25.0. The average Bonchev–Trinajstić information content (AvgIpc) is 2.71. The van der Waals surface area contributed by atoms with E-state index in [1.165, 1.54) is 4.90 Å². The van der Waals surface area contributed by atoms with Gasteiger partial charge < -0.3 is 9.84 Å². The van der Waals surface area contributed by atoms with E-state index >= 15 is 0 Å². The molecule has 1 aliphatic heterocycles. The van der Waals surface area contributed by atoms with Gasteiger partial charge in [0.2, 0.25) is 0 Å². The molecule has 1 heterocycles. The van der Waals surface area contributed by atoms with E-state index in [-0.39, 0.29) is 6.04 Å². The van der Waals surface area contributed by atoms with Gasteiger partial charge in [-0.1, -0.05) is 26.2 Å². The second-order valence-corrected chi connectivity index (χ2v) is 6.47. The molecule has 1 unspecified atom stereocenters. The minimum absolute atomic E-state index is 0.00231. The molecule has 2 atom stereocenters. The largest absolute Gasteiger partial charge is 0.480 e. The fourth-order valence-corrected chi connectivity index (χ4v) is 2.63. The molecule has 1 fully saturated rings. The highest BCUT2D eigenvalue weighted by Crippen LogP contribution is 2.30. The molecule has 1 rings (SSSR count). The van der Waals surface area contributed by atoms with Crippen molar-refractivity contribution in [3.63, 3.8) is 0 Å². The summed E-state index contributed by atoms with van der Waals surface area (Å²) in [5.74, 6) is -0.936. The van der Waals surface area contributed by atoms with Crippen molar-refractivity contribution in [2.75, 3.05) is 0 Å². The van der Waals surface area contributed by atoms with E-state index in [1.807, 2.05) is 0 Å². The first-order valence-corrected chi connectivity index (χ1v) is 7.50. The third-order valence-corrected chi connectivity index (χ3v) is 3.53. The summed E-state index contributed by atoms with van der Waals surface area (Å²) in [6, 6.07) is -0.742. The minimum atomic E-state index is -0.936. The van der Waals surface area contributed by atoms with Crippen LogP contribution in [0.4, 0.5) is 4.79 Å². The van der Waals surface area contributed by atoms with Crippen LogP contribution in [0.1, 0.15) is 66.2 Å². The number of aliphatic carboxylic acids is 1. The Labute approximate surface area is 121 Å². The Bertz CT molecular complexity index is 348. The van der Waals surface area contributed by atoms with Gasteiger partial charge in [-0.25, -0.2) is 9.59 Å². The summed E-state index contributed by atoms with van der Waals surface area (Å²) < 4.78 is 5.36. The first kappa shape index (κ1) is 16.8. The normalized spacial score (nSPS) is 22.9. The molecule has 1 amide bonds. The van der Waals surface area contributed by atoms with Crippen LogP contribution in [0.5, 0.6) is 0 Å². The number of unbranched alkanes of at least 4 members (excludes halogenated alkanes) is 2. The van der Waals surface area contributed by atoms with Gasteiger partial charge >= 0.3 is 12.1 Å². The summed E-state index contributed by atoms with van der Waals surface area (Å²) >= 11 is 0. The molecular formula is C15H27NO4. The highest BCUT2D eigenvalue weighted by molar-refractivity contribution is 5.81.